The van der Waals surface area contributed by atoms with E-state index in [1.165, 1.54) is 135 Å². The summed E-state index contributed by atoms with van der Waals surface area (Å²) < 4.78 is 55.3. The Morgan fingerprint density at radius 3 is 1.27 bits per heavy atom. The summed E-state index contributed by atoms with van der Waals surface area (Å²) in [6.45, 7) is 31.4. The predicted molar refractivity (Wildman–Crippen MR) is 487 cm³/mol. The number of furan rings is 3. The van der Waals surface area contributed by atoms with Crippen molar-refractivity contribution in [3.63, 3.8) is 0 Å². The Morgan fingerprint density at radius 1 is 0.467 bits per heavy atom. The van der Waals surface area contributed by atoms with Crippen LogP contribution in [0.4, 0.5) is 17.1 Å². The van der Waals surface area contributed by atoms with Gasteiger partial charge in [-0.15, -0.1) is 0 Å². The first-order chi connectivity index (χ1) is 58.8. The minimum atomic E-state index is 0.155. The molecule has 6 aromatic heterocycles. The molecule has 3 aromatic carbocycles. The van der Waals surface area contributed by atoms with Crippen molar-refractivity contribution in [2.75, 3.05) is 177 Å². The SMILES string of the molecule is CCc1ccc(-c2cc(N(C)CC3CCN(C)CC3)c3cc(OC)c(OCC4CCN(C)CC4)cc3n2)o1.COc1cc2c(N(C)C3CC4(CCN(C(C)C)CC4)C3)cc(-c3ccc(C)o3)nc2cc1OC1CC2(C1)CN(C)C2.COc1cc2c(N(C)C3CC4(CCN(C(C)C)CC4)C3)cc(-c3ccc(C)o3)nc2cc1OC1CC2(C1)CN(CC#N)C2. The van der Waals surface area contributed by atoms with Gasteiger partial charge in [-0.2, -0.15) is 5.26 Å². The first-order valence-electron chi connectivity index (χ1n) is 45.8. The van der Waals surface area contributed by atoms with Crippen LogP contribution in [0.2, 0.25) is 0 Å². The van der Waals surface area contributed by atoms with Crippen molar-refractivity contribution >= 4 is 49.8 Å². The Labute approximate surface area is 724 Å². The fourth-order valence-electron chi connectivity index (χ4n) is 22.5. The standard InChI is InChI=1S/C35H45N5O3.C34H46N4O3.C31H44N4O3/c1-23(2)40-11-8-34(9-12-40)17-25(18-34)38(4)30-15-29(31-7-6-24(3)42-31)37-28-16-33(32(41-5)14-27(28)30)43-26-19-35(20-26)21-39(22-35)13-10-36;1-22(2)38-11-9-33(10-12-38)16-24(17-33)37(5)29-14-28(30-8-7-23(3)40-30)35-27-15-32(31(39-6)13-26(27)29)41-25-18-34(19-25)20-36(4)21-34;1-6-24-7-8-29(38-24)27-18-28(35(4)20-22-9-13-33(2)14-10-22)25-17-30(36-5)31(19-26(25)32-27)37-21-23-11-15-34(3)16-12-23/h6-7,14-16,23,25-26H,8-9,11-13,17-22H2,1-5H3;7-8,13-15,22,24-25H,9-12,16-21H2,1-6H3;7-8,17-19,22-23H,6,9-16,20-21H2,1-5H3. The molecular formula is C100H135N13O9. The third-order valence-corrected chi connectivity index (χ3v) is 30.1. The van der Waals surface area contributed by atoms with Gasteiger partial charge in [0.25, 0.3) is 0 Å². The van der Waals surface area contributed by atoms with E-state index in [2.05, 4.69) is 182 Å². The number of benzene rings is 3. The Kier molecular flexibility index (Phi) is 24.7. The van der Waals surface area contributed by atoms with Crippen molar-refractivity contribution < 1.29 is 41.7 Å². The predicted octanol–water partition coefficient (Wildman–Crippen LogP) is 18.2. The molecule has 0 bridgehead atoms. The lowest BCUT2D eigenvalue weighted by Gasteiger charge is -2.58. The van der Waals surface area contributed by atoms with Crippen LogP contribution in [0.3, 0.4) is 0 Å². The molecule has 0 radical (unpaired) electrons. The maximum absolute atomic E-state index is 8.99. The monoisotopic (exact) mass is 1660 g/mol. The van der Waals surface area contributed by atoms with E-state index < -0.39 is 0 Å². The lowest BCUT2D eigenvalue weighted by atomic mass is 9.60. The molecule has 10 fully saturated rings. The number of piperidine rings is 4. The van der Waals surface area contributed by atoms with Crippen molar-refractivity contribution in [3.8, 4) is 74.9 Å². The van der Waals surface area contributed by atoms with Crippen molar-refractivity contribution in [1.82, 2.24) is 44.4 Å². The minimum absolute atomic E-state index is 0.155. The molecule has 0 amide bonds. The van der Waals surface area contributed by atoms with E-state index in [-0.39, 0.29) is 12.2 Å². The first-order valence-corrected chi connectivity index (χ1v) is 45.8. The summed E-state index contributed by atoms with van der Waals surface area (Å²) in [5.41, 5.74) is 10.5. The molecule has 6 saturated heterocycles. The highest BCUT2D eigenvalue weighted by atomic mass is 16.5. The summed E-state index contributed by atoms with van der Waals surface area (Å²) in [6.07, 6.45) is 20.5. The van der Waals surface area contributed by atoms with Crippen LogP contribution in [0.25, 0.3) is 67.1 Å². The third-order valence-electron chi connectivity index (χ3n) is 30.1. The van der Waals surface area contributed by atoms with Gasteiger partial charge < -0.3 is 80.9 Å². The number of hydrogen-bond acceptors (Lipinski definition) is 22. The maximum atomic E-state index is 8.99. The van der Waals surface area contributed by atoms with Crippen LogP contribution in [-0.4, -0.2) is 243 Å². The van der Waals surface area contributed by atoms with Gasteiger partial charge in [0.2, 0.25) is 0 Å². The largest absolute Gasteiger partial charge is 0.493 e. The number of hydrogen-bond donors (Lipinski definition) is 0. The number of aromatic nitrogens is 3. The van der Waals surface area contributed by atoms with E-state index in [1.807, 2.05) is 50.2 Å². The molecule has 4 aliphatic carbocycles. The van der Waals surface area contributed by atoms with E-state index in [0.29, 0.717) is 70.8 Å². The highest BCUT2D eigenvalue weighted by Crippen LogP contribution is 2.57. The molecule has 0 unspecified atom stereocenters. The molecule has 10 aliphatic rings. The van der Waals surface area contributed by atoms with Gasteiger partial charge in [-0.25, -0.2) is 15.0 Å². The smallest absolute Gasteiger partial charge is 0.163 e. The van der Waals surface area contributed by atoms with E-state index in [4.69, 9.17) is 61.9 Å². The summed E-state index contributed by atoms with van der Waals surface area (Å²) in [5, 5.41) is 12.2. The fourth-order valence-corrected chi connectivity index (χ4v) is 22.5. The van der Waals surface area contributed by atoms with Crippen LogP contribution in [0, 0.1) is 58.7 Å². The van der Waals surface area contributed by atoms with Crippen LogP contribution >= 0.6 is 0 Å². The Balaban J connectivity index is 0.000000130. The van der Waals surface area contributed by atoms with E-state index in [1.54, 1.807) is 21.3 Å². The Morgan fingerprint density at radius 2 is 0.869 bits per heavy atom. The number of anilines is 3. The summed E-state index contributed by atoms with van der Waals surface area (Å²) >= 11 is 0. The number of ether oxygens (including phenoxy) is 6. The molecule has 122 heavy (non-hydrogen) atoms. The van der Waals surface area contributed by atoms with Crippen LogP contribution in [0.5, 0.6) is 34.5 Å². The summed E-state index contributed by atoms with van der Waals surface area (Å²) in [7, 11) is 18.5. The summed E-state index contributed by atoms with van der Waals surface area (Å²) in [4.78, 5) is 37.3. The van der Waals surface area contributed by atoms with E-state index >= 15 is 0 Å². The molecule has 6 aliphatic heterocycles. The number of likely N-dealkylation sites (tertiary alicyclic amines) is 6. The van der Waals surface area contributed by atoms with Crippen molar-refractivity contribution in [1.29, 1.82) is 5.26 Å². The second-order valence-corrected chi connectivity index (χ2v) is 39.6. The second kappa shape index (κ2) is 35.3. The van der Waals surface area contributed by atoms with Gasteiger partial charge in [-0.05, 0) is 313 Å². The number of pyridine rings is 3. The molecule has 0 N–H and O–H groups in total. The van der Waals surface area contributed by atoms with Crippen LogP contribution in [-0.2, 0) is 6.42 Å². The lowest BCUT2D eigenvalue weighted by molar-refractivity contribution is -0.114. The molecule has 4 spiro atoms. The van der Waals surface area contributed by atoms with Gasteiger partial charge in [0.05, 0.1) is 57.1 Å². The Hall–Kier alpha value is -8.82. The van der Waals surface area contributed by atoms with Gasteiger partial charge in [-0.3, -0.25) is 4.90 Å². The molecule has 19 rings (SSSR count). The zero-order chi connectivity index (χ0) is 85.1. The molecule has 4 saturated carbocycles. The van der Waals surface area contributed by atoms with Gasteiger partial charge >= 0.3 is 0 Å². The number of rotatable bonds is 24. The van der Waals surface area contributed by atoms with Crippen LogP contribution < -0.4 is 43.1 Å². The summed E-state index contributed by atoms with van der Waals surface area (Å²) in [5.74, 6) is 11.0. The van der Waals surface area contributed by atoms with Crippen LogP contribution in [0.1, 0.15) is 155 Å². The molecule has 654 valence electrons. The zero-order valence-electron chi connectivity index (χ0n) is 75.9. The van der Waals surface area contributed by atoms with E-state index in [9.17, 15) is 0 Å². The molecule has 9 aromatic rings. The number of nitriles is 1. The summed E-state index contributed by atoms with van der Waals surface area (Å²) in [6, 6.07) is 35.8. The average molecular weight is 1660 g/mol. The molecular weight excluding hydrogens is 1530 g/mol. The normalized spacial score (nSPS) is 22.3. The van der Waals surface area contributed by atoms with Gasteiger partial charge in [0.1, 0.15) is 46.6 Å². The van der Waals surface area contributed by atoms with Crippen molar-refractivity contribution in [3.05, 3.63) is 108 Å². The molecule has 12 heterocycles. The maximum Gasteiger partial charge on any atom is 0.163 e. The van der Waals surface area contributed by atoms with E-state index in [0.717, 1.165) is 195 Å². The van der Waals surface area contributed by atoms with Gasteiger partial charge in [0, 0.05) is 147 Å². The van der Waals surface area contributed by atoms with Crippen LogP contribution in [0.15, 0.2) is 104 Å². The number of nitrogens with zero attached hydrogens (tertiary/aromatic N) is 13. The topological polar surface area (TPSA) is 186 Å². The van der Waals surface area contributed by atoms with Crippen molar-refractivity contribution in [2.24, 2.45) is 33.5 Å². The number of aryl methyl sites for hydroxylation is 3. The molecule has 22 heteroatoms. The van der Waals surface area contributed by atoms with Gasteiger partial charge in [-0.1, -0.05) is 6.92 Å². The molecule has 0 atom stereocenters. The third kappa shape index (κ3) is 18.0. The van der Waals surface area contributed by atoms with Gasteiger partial charge in [0.15, 0.2) is 51.8 Å². The quantitative estimate of drug-likeness (QED) is 0.0519. The fraction of sp³-hybridized carbons (Fsp3) is 0.600. The molecule has 22 nitrogen and oxygen atoms in total. The highest BCUT2D eigenvalue weighted by molar-refractivity contribution is 5.98. The Bertz CT molecular complexity index is 5160. The highest BCUT2D eigenvalue weighted by Gasteiger charge is 2.55. The number of fused-ring (bicyclic) bond motifs is 3. The zero-order valence-corrected chi connectivity index (χ0v) is 75.9. The van der Waals surface area contributed by atoms with Crippen molar-refractivity contribution in [2.45, 2.75) is 194 Å². The first kappa shape index (κ1) is 85.4. The number of methoxy groups -OCH3 is 3. The lowest BCUT2D eigenvalue weighted by Crippen LogP contribution is -2.64. The average Bonchev–Trinajstić information content (AvgIpc) is 1.17. The second-order valence-electron chi connectivity index (χ2n) is 39.6. The minimum Gasteiger partial charge on any atom is -0.493 e.